The molecule has 0 saturated heterocycles. The van der Waals surface area contributed by atoms with Crippen LogP contribution in [0.3, 0.4) is 0 Å². The largest absolute Gasteiger partial charge is 0.310 e. The minimum atomic E-state index is 0.432. The van der Waals surface area contributed by atoms with Crippen molar-refractivity contribution in [1.82, 2.24) is 5.32 Å². The first-order valence-corrected chi connectivity index (χ1v) is 8.18. The number of hydrogen-bond donors (Lipinski definition) is 1. The molecular formula is C16H27NS. The maximum Gasteiger partial charge on any atom is 0.0219 e. The van der Waals surface area contributed by atoms with Gasteiger partial charge in [-0.25, -0.2) is 0 Å². The minimum Gasteiger partial charge on any atom is -0.310 e. The SMILES string of the molecule is Cc1cscc1CNC1CCCCC1C(C)(C)C. The fraction of sp³-hybridized carbons (Fsp3) is 0.750. The first-order valence-electron chi connectivity index (χ1n) is 7.23. The van der Waals surface area contributed by atoms with E-state index in [-0.39, 0.29) is 0 Å². The van der Waals surface area contributed by atoms with Crippen LogP contribution in [-0.4, -0.2) is 6.04 Å². The van der Waals surface area contributed by atoms with Gasteiger partial charge in [0.2, 0.25) is 0 Å². The third-order valence-corrected chi connectivity index (χ3v) is 5.30. The van der Waals surface area contributed by atoms with Crippen molar-refractivity contribution in [1.29, 1.82) is 0 Å². The summed E-state index contributed by atoms with van der Waals surface area (Å²) in [6, 6.07) is 0.707. The molecule has 2 unspecified atom stereocenters. The van der Waals surface area contributed by atoms with E-state index in [9.17, 15) is 0 Å². The molecule has 1 fully saturated rings. The Morgan fingerprint density at radius 2 is 1.94 bits per heavy atom. The second-order valence-electron chi connectivity index (χ2n) is 6.82. The first-order chi connectivity index (χ1) is 8.48. The summed E-state index contributed by atoms with van der Waals surface area (Å²) in [5.41, 5.74) is 3.36. The summed E-state index contributed by atoms with van der Waals surface area (Å²) in [7, 11) is 0. The van der Waals surface area contributed by atoms with Gasteiger partial charge in [0.25, 0.3) is 0 Å². The minimum absolute atomic E-state index is 0.432. The van der Waals surface area contributed by atoms with Crippen molar-refractivity contribution < 1.29 is 0 Å². The highest BCUT2D eigenvalue weighted by Crippen LogP contribution is 2.38. The molecule has 0 amide bonds. The van der Waals surface area contributed by atoms with Crippen LogP contribution in [0.25, 0.3) is 0 Å². The Morgan fingerprint density at radius 3 is 2.56 bits per heavy atom. The molecule has 102 valence electrons. The zero-order valence-corrected chi connectivity index (χ0v) is 13.1. The maximum absolute atomic E-state index is 3.83. The molecule has 0 aliphatic heterocycles. The van der Waals surface area contributed by atoms with Crippen molar-refractivity contribution in [3.63, 3.8) is 0 Å². The summed E-state index contributed by atoms with van der Waals surface area (Å²) in [6.07, 6.45) is 5.55. The predicted molar refractivity (Wildman–Crippen MR) is 81.1 cm³/mol. The normalized spacial score (nSPS) is 25.3. The highest BCUT2D eigenvalue weighted by Gasteiger charge is 2.33. The highest BCUT2D eigenvalue weighted by atomic mass is 32.1. The molecule has 1 aromatic rings. The van der Waals surface area contributed by atoms with E-state index in [4.69, 9.17) is 0 Å². The van der Waals surface area contributed by atoms with E-state index >= 15 is 0 Å². The summed E-state index contributed by atoms with van der Waals surface area (Å²) in [5, 5.41) is 8.37. The van der Waals surface area contributed by atoms with Gasteiger partial charge in [0.05, 0.1) is 0 Å². The van der Waals surface area contributed by atoms with E-state index < -0.39 is 0 Å². The highest BCUT2D eigenvalue weighted by molar-refractivity contribution is 7.08. The summed E-state index contributed by atoms with van der Waals surface area (Å²) >= 11 is 1.82. The molecule has 0 radical (unpaired) electrons. The summed E-state index contributed by atoms with van der Waals surface area (Å²) in [5.74, 6) is 0.824. The van der Waals surface area contributed by atoms with Crippen LogP contribution in [0.2, 0.25) is 0 Å². The summed E-state index contributed by atoms with van der Waals surface area (Å²) in [4.78, 5) is 0. The Labute approximate surface area is 116 Å². The Bertz CT molecular complexity index is 375. The molecule has 1 saturated carbocycles. The van der Waals surface area contributed by atoms with Gasteiger partial charge in [0.1, 0.15) is 0 Å². The van der Waals surface area contributed by atoms with Crippen molar-refractivity contribution in [3.8, 4) is 0 Å². The van der Waals surface area contributed by atoms with E-state index in [1.165, 1.54) is 36.8 Å². The standard InChI is InChI=1S/C16H27NS/c1-12-10-18-11-13(12)9-17-15-8-6-5-7-14(15)16(2,3)4/h10-11,14-15,17H,5-9H2,1-4H3. The predicted octanol–water partition coefficient (Wildman–Crippen LogP) is 4.75. The van der Waals surface area contributed by atoms with E-state index in [2.05, 4.69) is 43.8 Å². The van der Waals surface area contributed by atoms with Crippen LogP contribution in [0.5, 0.6) is 0 Å². The maximum atomic E-state index is 3.83. The smallest absolute Gasteiger partial charge is 0.0219 e. The first kappa shape index (κ1) is 14.1. The van der Waals surface area contributed by atoms with E-state index in [1.54, 1.807) is 0 Å². The number of aryl methyl sites for hydroxylation is 1. The molecular weight excluding hydrogens is 238 g/mol. The fourth-order valence-electron chi connectivity index (χ4n) is 3.22. The lowest BCUT2D eigenvalue weighted by atomic mass is 9.69. The van der Waals surface area contributed by atoms with Crippen LogP contribution >= 0.6 is 11.3 Å². The second kappa shape index (κ2) is 5.75. The van der Waals surface area contributed by atoms with Gasteiger partial charge < -0.3 is 5.32 Å². The van der Waals surface area contributed by atoms with Crippen LogP contribution in [0.15, 0.2) is 10.8 Å². The molecule has 1 heterocycles. The van der Waals surface area contributed by atoms with Crippen molar-refractivity contribution in [3.05, 3.63) is 21.9 Å². The molecule has 0 bridgehead atoms. The van der Waals surface area contributed by atoms with E-state index in [0.29, 0.717) is 11.5 Å². The Morgan fingerprint density at radius 1 is 1.22 bits per heavy atom. The van der Waals surface area contributed by atoms with Crippen LogP contribution in [-0.2, 0) is 6.54 Å². The van der Waals surface area contributed by atoms with Gasteiger partial charge in [-0.1, -0.05) is 33.6 Å². The Balaban J connectivity index is 1.96. The molecule has 2 atom stereocenters. The Hall–Kier alpha value is -0.340. The quantitative estimate of drug-likeness (QED) is 0.831. The van der Waals surface area contributed by atoms with Crippen LogP contribution in [0, 0.1) is 18.3 Å². The van der Waals surface area contributed by atoms with Gasteiger partial charge in [0.15, 0.2) is 0 Å². The second-order valence-corrected chi connectivity index (χ2v) is 7.57. The van der Waals surface area contributed by atoms with Crippen LogP contribution in [0.1, 0.15) is 57.6 Å². The summed E-state index contributed by atoms with van der Waals surface area (Å²) in [6.45, 7) is 10.5. The van der Waals surface area contributed by atoms with Crippen molar-refractivity contribution in [2.45, 2.75) is 66.0 Å². The average Bonchev–Trinajstić information content (AvgIpc) is 2.71. The van der Waals surface area contributed by atoms with E-state index in [1.807, 2.05) is 11.3 Å². The van der Waals surface area contributed by atoms with Gasteiger partial charge in [-0.15, -0.1) is 0 Å². The van der Waals surface area contributed by atoms with Gasteiger partial charge >= 0.3 is 0 Å². The van der Waals surface area contributed by atoms with Crippen LogP contribution in [0.4, 0.5) is 0 Å². The van der Waals surface area contributed by atoms with Crippen molar-refractivity contribution in [2.75, 3.05) is 0 Å². The molecule has 1 aromatic heterocycles. The monoisotopic (exact) mass is 265 g/mol. The molecule has 1 nitrogen and oxygen atoms in total. The number of hydrogen-bond acceptors (Lipinski definition) is 2. The lowest BCUT2D eigenvalue weighted by Gasteiger charge is -2.41. The van der Waals surface area contributed by atoms with Gasteiger partial charge in [-0.3, -0.25) is 0 Å². The van der Waals surface area contributed by atoms with Gasteiger partial charge in [-0.05, 0) is 53.0 Å². The average molecular weight is 265 g/mol. The lowest BCUT2D eigenvalue weighted by molar-refractivity contribution is 0.130. The molecule has 1 aliphatic rings. The molecule has 0 aromatic carbocycles. The Kier molecular flexibility index (Phi) is 4.50. The number of rotatable bonds is 3. The molecule has 2 heteroatoms. The number of nitrogens with one attached hydrogen (secondary N) is 1. The fourth-order valence-corrected chi connectivity index (χ4v) is 4.08. The topological polar surface area (TPSA) is 12.0 Å². The molecule has 1 N–H and O–H groups in total. The number of thiophene rings is 1. The zero-order valence-electron chi connectivity index (χ0n) is 12.3. The zero-order chi connectivity index (χ0) is 13.2. The summed E-state index contributed by atoms with van der Waals surface area (Å²) < 4.78 is 0. The van der Waals surface area contributed by atoms with Crippen molar-refractivity contribution >= 4 is 11.3 Å². The van der Waals surface area contributed by atoms with Crippen LogP contribution < -0.4 is 5.32 Å². The third kappa shape index (κ3) is 3.36. The lowest BCUT2D eigenvalue weighted by Crippen LogP contribution is -2.43. The molecule has 0 spiro atoms. The third-order valence-electron chi connectivity index (χ3n) is 4.39. The van der Waals surface area contributed by atoms with E-state index in [0.717, 1.165) is 12.5 Å². The molecule has 1 aliphatic carbocycles. The van der Waals surface area contributed by atoms with Gasteiger partial charge in [0, 0.05) is 12.6 Å². The molecule has 18 heavy (non-hydrogen) atoms. The van der Waals surface area contributed by atoms with Crippen molar-refractivity contribution in [2.24, 2.45) is 11.3 Å². The molecule has 2 rings (SSSR count). The van der Waals surface area contributed by atoms with Gasteiger partial charge in [-0.2, -0.15) is 11.3 Å².